The maximum atomic E-state index is 11.7. The zero-order valence-corrected chi connectivity index (χ0v) is 12.6. The molecule has 0 heterocycles. The minimum absolute atomic E-state index is 0.0968. The van der Waals surface area contributed by atoms with E-state index in [0.717, 1.165) is 14.5 Å². The van der Waals surface area contributed by atoms with Gasteiger partial charge in [0.15, 0.2) is 0 Å². The highest BCUT2D eigenvalue weighted by Crippen LogP contribution is 2.24. The molecule has 1 amide bonds. The molecule has 1 aromatic carbocycles. The minimum atomic E-state index is -0.0968. The van der Waals surface area contributed by atoms with Crippen molar-refractivity contribution < 1.29 is 4.79 Å². The fraction of sp³-hybridized carbons (Fsp3) is 0.300. The van der Waals surface area contributed by atoms with Crippen molar-refractivity contribution >= 4 is 56.0 Å². The maximum absolute atomic E-state index is 11.7. The Morgan fingerprint density at radius 1 is 1.60 bits per heavy atom. The summed E-state index contributed by atoms with van der Waals surface area (Å²) in [6, 6.07) is 3.53. The number of carbonyl (C=O) groups is 1. The molecule has 0 unspecified atom stereocenters. The summed E-state index contributed by atoms with van der Waals surface area (Å²) in [4.78, 5) is 11.7. The van der Waals surface area contributed by atoms with E-state index in [2.05, 4.69) is 43.8 Å². The van der Waals surface area contributed by atoms with Gasteiger partial charge in [-0.2, -0.15) is 0 Å². The van der Waals surface area contributed by atoms with Crippen molar-refractivity contribution in [1.29, 1.82) is 0 Å². The Balaban J connectivity index is 2.94. The van der Waals surface area contributed by atoms with Gasteiger partial charge in [-0.3, -0.25) is 4.79 Å². The van der Waals surface area contributed by atoms with Crippen LogP contribution in [0.3, 0.4) is 0 Å². The summed E-state index contributed by atoms with van der Waals surface area (Å²) >= 11 is 11.5. The summed E-state index contributed by atoms with van der Waals surface area (Å²) in [5.41, 5.74) is 1.53. The van der Waals surface area contributed by atoms with Gasteiger partial charge in [0.2, 0.25) is 0 Å². The lowest BCUT2D eigenvalue weighted by Crippen LogP contribution is -2.25. The summed E-state index contributed by atoms with van der Waals surface area (Å²) in [5, 5.41) is 3.41. The average molecular weight is 402 g/mol. The molecule has 0 radical (unpaired) electrons. The van der Waals surface area contributed by atoms with Crippen molar-refractivity contribution in [2.75, 3.05) is 11.0 Å². The normalized spacial score (nSPS) is 10.1. The number of alkyl halides is 1. The molecular formula is C10H10BrClINO. The summed E-state index contributed by atoms with van der Waals surface area (Å²) in [6.07, 6.45) is 0. The van der Waals surface area contributed by atoms with Crippen molar-refractivity contribution in [1.82, 2.24) is 5.32 Å². The number of hydrogen-bond acceptors (Lipinski definition) is 1. The van der Waals surface area contributed by atoms with Gasteiger partial charge in [0.05, 0.1) is 5.56 Å². The summed E-state index contributed by atoms with van der Waals surface area (Å²) in [6.45, 7) is 2.57. The van der Waals surface area contributed by atoms with Crippen LogP contribution in [-0.2, 0) is 0 Å². The van der Waals surface area contributed by atoms with Crippen LogP contribution in [0.25, 0.3) is 0 Å². The van der Waals surface area contributed by atoms with Gasteiger partial charge in [0.25, 0.3) is 5.91 Å². The molecule has 0 spiro atoms. The summed E-state index contributed by atoms with van der Waals surface area (Å²) in [7, 11) is 0. The number of amides is 1. The third kappa shape index (κ3) is 3.60. The Labute approximate surface area is 116 Å². The highest BCUT2D eigenvalue weighted by atomic mass is 127. The van der Waals surface area contributed by atoms with Crippen LogP contribution in [0.5, 0.6) is 0 Å². The average Bonchev–Trinajstić information content (AvgIpc) is 2.20. The predicted molar refractivity (Wildman–Crippen MR) is 75.1 cm³/mol. The van der Waals surface area contributed by atoms with Crippen LogP contribution in [0, 0.1) is 6.92 Å². The van der Waals surface area contributed by atoms with Crippen LogP contribution in [0.4, 0.5) is 0 Å². The third-order valence-electron chi connectivity index (χ3n) is 1.87. The lowest BCUT2D eigenvalue weighted by Gasteiger charge is -2.07. The lowest BCUT2D eigenvalue weighted by atomic mass is 10.1. The quantitative estimate of drug-likeness (QED) is 0.608. The molecule has 0 aliphatic carbocycles. The molecule has 0 fully saturated rings. The second kappa shape index (κ2) is 6.06. The minimum Gasteiger partial charge on any atom is -0.351 e. The Bertz CT molecular complexity index is 384. The van der Waals surface area contributed by atoms with E-state index < -0.39 is 0 Å². The first-order valence-corrected chi connectivity index (χ1v) is 7.05. The summed E-state index contributed by atoms with van der Waals surface area (Å²) < 4.78 is 1.66. The molecule has 2 nitrogen and oxygen atoms in total. The van der Waals surface area contributed by atoms with Gasteiger partial charge in [-0.1, -0.05) is 34.2 Å². The van der Waals surface area contributed by atoms with Gasteiger partial charge in [0, 0.05) is 20.5 Å². The SMILES string of the molecule is Cc1cc(Br)c(C(=O)NCCI)cc1Cl. The van der Waals surface area contributed by atoms with Crippen LogP contribution >= 0.6 is 50.1 Å². The molecule has 0 aromatic heterocycles. The standard InChI is InChI=1S/C10H10BrClINO/c1-6-4-8(11)7(5-9(6)12)10(15)14-3-2-13/h4-5H,2-3H2,1H3,(H,14,15). The molecule has 0 atom stereocenters. The second-order valence-corrected chi connectivity index (χ2v) is 5.37. The van der Waals surface area contributed by atoms with E-state index >= 15 is 0 Å². The third-order valence-corrected chi connectivity index (χ3v) is 3.48. The number of rotatable bonds is 3. The zero-order valence-electron chi connectivity index (χ0n) is 8.11. The van der Waals surface area contributed by atoms with Crippen LogP contribution < -0.4 is 5.32 Å². The molecule has 1 aromatic rings. The Morgan fingerprint density at radius 3 is 2.87 bits per heavy atom. The molecule has 0 aliphatic rings. The van der Waals surface area contributed by atoms with E-state index in [1.165, 1.54) is 0 Å². The molecule has 1 N–H and O–H groups in total. The van der Waals surface area contributed by atoms with E-state index in [9.17, 15) is 4.79 Å². The first-order valence-electron chi connectivity index (χ1n) is 4.36. The number of aryl methyl sites for hydroxylation is 1. The van der Waals surface area contributed by atoms with Crippen molar-refractivity contribution in [2.45, 2.75) is 6.92 Å². The van der Waals surface area contributed by atoms with Gasteiger partial charge in [-0.05, 0) is 40.5 Å². The number of halogens is 3. The largest absolute Gasteiger partial charge is 0.351 e. The van der Waals surface area contributed by atoms with E-state index in [1.807, 2.05) is 13.0 Å². The van der Waals surface area contributed by atoms with Crippen molar-refractivity contribution in [3.8, 4) is 0 Å². The number of nitrogens with one attached hydrogen (secondary N) is 1. The fourth-order valence-electron chi connectivity index (χ4n) is 1.08. The lowest BCUT2D eigenvalue weighted by molar-refractivity contribution is 0.0955. The molecule has 5 heteroatoms. The van der Waals surface area contributed by atoms with Crippen molar-refractivity contribution in [3.63, 3.8) is 0 Å². The highest BCUT2D eigenvalue weighted by Gasteiger charge is 2.11. The topological polar surface area (TPSA) is 29.1 Å². The maximum Gasteiger partial charge on any atom is 0.252 e. The fourth-order valence-corrected chi connectivity index (χ4v) is 2.15. The first-order chi connectivity index (χ1) is 7.06. The summed E-state index contributed by atoms with van der Waals surface area (Å²) in [5.74, 6) is -0.0968. The number of carbonyl (C=O) groups excluding carboxylic acids is 1. The van der Waals surface area contributed by atoms with Gasteiger partial charge in [0.1, 0.15) is 0 Å². The molecular weight excluding hydrogens is 392 g/mol. The van der Waals surface area contributed by atoms with Crippen LogP contribution in [0.2, 0.25) is 5.02 Å². The van der Waals surface area contributed by atoms with Crippen molar-refractivity contribution in [3.05, 3.63) is 32.8 Å². The van der Waals surface area contributed by atoms with Gasteiger partial charge < -0.3 is 5.32 Å². The number of hydrogen-bond donors (Lipinski definition) is 1. The zero-order chi connectivity index (χ0) is 11.4. The van der Waals surface area contributed by atoms with E-state index in [0.29, 0.717) is 17.1 Å². The van der Waals surface area contributed by atoms with Crippen molar-refractivity contribution in [2.24, 2.45) is 0 Å². The second-order valence-electron chi connectivity index (χ2n) is 3.03. The van der Waals surface area contributed by atoms with Crippen LogP contribution in [0.15, 0.2) is 16.6 Å². The molecule has 82 valence electrons. The highest BCUT2D eigenvalue weighted by molar-refractivity contribution is 14.1. The smallest absolute Gasteiger partial charge is 0.252 e. The molecule has 0 saturated carbocycles. The van der Waals surface area contributed by atoms with E-state index in [1.54, 1.807) is 6.07 Å². The van der Waals surface area contributed by atoms with E-state index in [-0.39, 0.29) is 5.91 Å². The Kier molecular flexibility index (Phi) is 5.35. The first kappa shape index (κ1) is 13.3. The van der Waals surface area contributed by atoms with Gasteiger partial charge in [-0.25, -0.2) is 0 Å². The Hall–Kier alpha value is 0.190. The van der Waals surface area contributed by atoms with Gasteiger partial charge >= 0.3 is 0 Å². The molecule has 0 aliphatic heterocycles. The predicted octanol–water partition coefficient (Wildman–Crippen LogP) is 3.58. The Morgan fingerprint density at radius 2 is 2.27 bits per heavy atom. The van der Waals surface area contributed by atoms with Gasteiger partial charge in [-0.15, -0.1) is 0 Å². The van der Waals surface area contributed by atoms with E-state index in [4.69, 9.17) is 11.6 Å². The molecule has 1 rings (SSSR count). The number of benzene rings is 1. The molecule has 15 heavy (non-hydrogen) atoms. The molecule has 0 bridgehead atoms. The van der Waals surface area contributed by atoms with Crippen LogP contribution in [0.1, 0.15) is 15.9 Å². The van der Waals surface area contributed by atoms with Crippen LogP contribution in [-0.4, -0.2) is 16.9 Å². The molecule has 0 saturated heterocycles. The monoisotopic (exact) mass is 401 g/mol.